The van der Waals surface area contributed by atoms with Gasteiger partial charge in [-0.15, -0.1) is 5.10 Å². The van der Waals surface area contributed by atoms with Crippen LogP contribution in [-0.4, -0.2) is 22.3 Å². The van der Waals surface area contributed by atoms with E-state index in [0.717, 1.165) is 24.1 Å². The number of nitrogens with zero attached hydrogens (tertiary/aromatic N) is 3. The van der Waals surface area contributed by atoms with Gasteiger partial charge in [-0.05, 0) is 38.7 Å². The van der Waals surface area contributed by atoms with E-state index in [1.54, 1.807) is 0 Å². The Labute approximate surface area is 101 Å². The van der Waals surface area contributed by atoms with Crippen LogP contribution in [0.3, 0.4) is 0 Å². The fourth-order valence-corrected chi connectivity index (χ4v) is 1.94. The Bertz CT molecular complexity index is 471. The zero-order valence-corrected chi connectivity index (χ0v) is 10.2. The summed E-state index contributed by atoms with van der Waals surface area (Å²) in [6.07, 6.45) is 3.24. The van der Waals surface area contributed by atoms with Gasteiger partial charge in [0.05, 0.1) is 5.69 Å². The molecule has 0 aliphatic heterocycles. The second kappa shape index (κ2) is 4.30. The molecule has 0 saturated heterocycles. The summed E-state index contributed by atoms with van der Waals surface area (Å²) in [5.41, 5.74) is 8.22. The number of aryl methyl sites for hydroxylation is 1. The molecule has 1 aliphatic rings. The second-order valence-corrected chi connectivity index (χ2v) is 4.82. The number of rotatable bonds is 3. The molecule has 1 aromatic rings. The fraction of sp³-hybridized carbons (Fsp3) is 0.583. The van der Waals surface area contributed by atoms with Crippen LogP contribution in [0.1, 0.15) is 36.1 Å². The number of nitriles is 1. The highest BCUT2D eigenvalue weighted by molar-refractivity contribution is 5.55. The maximum absolute atomic E-state index is 9.14. The molecule has 1 heterocycles. The second-order valence-electron chi connectivity index (χ2n) is 4.82. The van der Waals surface area contributed by atoms with Crippen molar-refractivity contribution in [2.75, 3.05) is 11.9 Å². The van der Waals surface area contributed by atoms with Gasteiger partial charge >= 0.3 is 0 Å². The van der Waals surface area contributed by atoms with Crippen molar-refractivity contribution in [3.05, 3.63) is 16.8 Å². The van der Waals surface area contributed by atoms with E-state index in [4.69, 9.17) is 11.0 Å². The lowest BCUT2D eigenvalue weighted by Gasteiger charge is -2.38. The predicted molar refractivity (Wildman–Crippen MR) is 65.5 cm³/mol. The van der Waals surface area contributed by atoms with Gasteiger partial charge in [0.1, 0.15) is 11.6 Å². The van der Waals surface area contributed by atoms with Crippen LogP contribution in [0.4, 0.5) is 5.82 Å². The highest BCUT2D eigenvalue weighted by Gasteiger charge is 2.32. The quantitative estimate of drug-likeness (QED) is 0.817. The lowest BCUT2D eigenvalue weighted by atomic mass is 9.78. The molecule has 5 heteroatoms. The average molecular weight is 231 g/mol. The molecule has 1 fully saturated rings. The molecule has 1 saturated carbocycles. The minimum Gasteiger partial charge on any atom is -0.366 e. The first-order valence-electron chi connectivity index (χ1n) is 5.82. The summed E-state index contributed by atoms with van der Waals surface area (Å²) in [5.74, 6) is 0.548. The van der Waals surface area contributed by atoms with E-state index in [9.17, 15) is 0 Å². The Morgan fingerprint density at radius 1 is 1.41 bits per heavy atom. The summed E-state index contributed by atoms with van der Waals surface area (Å²) in [6.45, 7) is 4.39. The zero-order chi connectivity index (χ0) is 12.5. The van der Waals surface area contributed by atoms with Crippen LogP contribution in [0.2, 0.25) is 0 Å². The predicted octanol–water partition coefficient (Wildman–Crippen LogP) is 1.26. The first-order valence-corrected chi connectivity index (χ1v) is 5.82. The molecule has 90 valence electrons. The maximum atomic E-state index is 9.14. The fourth-order valence-electron chi connectivity index (χ4n) is 1.94. The Morgan fingerprint density at radius 3 is 2.65 bits per heavy atom. The largest absolute Gasteiger partial charge is 0.366 e. The molecule has 0 atom stereocenters. The molecular formula is C12H17N5. The number of nitrogens with two attached hydrogens (primary N) is 1. The molecule has 3 N–H and O–H groups in total. The SMILES string of the molecule is Cc1nnc(NCC2(N)CCC2)c(C#N)c1C. The Balaban J connectivity index is 2.16. The number of aromatic nitrogens is 2. The Kier molecular flexibility index (Phi) is 2.99. The molecule has 0 spiro atoms. The summed E-state index contributed by atoms with van der Waals surface area (Å²) < 4.78 is 0. The van der Waals surface area contributed by atoms with Crippen molar-refractivity contribution in [3.63, 3.8) is 0 Å². The molecule has 1 aliphatic carbocycles. The molecule has 17 heavy (non-hydrogen) atoms. The van der Waals surface area contributed by atoms with Crippen molar-refractivity contribution >= 4 is 5.82 Å². The van der Waals surface area contributed by atoms with Crippen LogP contribution in [0.15, 0.2) is 0 Å². The maximum Gasteiger partial charge on any atom is 0.166 e. The van der Waals surface area contributed by atoms with Crippen molar-refractivity contribution in [1.82, 2.24) is 10.2 Å². The number of anilines is 1. The summed E-state index contributed by atoms with van der Waals surface area (Å²) in [4.78, 5) is 0. The summed E-state index contributed by atoms with van der Waals surface area (Å²) >= 11 is 0. The molecule has 0 unspecified atom stereocenters. The summed E-state index contributed by atoms with van der Waals surface area (Å²) in [5, 5.41) is 20.3. The smallest absolute Gasteiger partial charge is 0.166 e. The molecular weight excluding hydrogens is 214 g/mol. The number of nitrogens with one attached hydrogen (secondary N) is 1. The van der Waals surface area contributed by atoms with Crippen LogP contribution >= 0.6 is 0 Å². The van der Waals surface area contributed by atoms with Gasteiger partial charge in [0.15, 0.2) is 5.82 Å². The Morgan fingerprint density at radius 2 is 2.12 bits per heavy atom. The van der Waals surface area contributed by atoms with Crippen LogP contribution in [0, 0.1) is 25.2 Å². The van der Waals surface area contributed by atoms with Gasteiger partial charge in [0.2, 0.25) is 0 Å². The van der Waals surface area contributed by atoms with Crippen LogP contribution in [0.25, 0.3) is 0 Å². The van der Waals surface area contributed by atoms with Gasteiger partial charge in [0.25, 0.3) is 0 Å². The number of hydrogen-bond donors (Lipinski definition) is 2. The van der Waals surface area contributed by atoms with Crippen molar-refractivity contribution < 1.29 is 0 Å². The molecule has 1 aromatic heterocycles. The highest BCUT2D eigenvalue weighted by Crippen LogP contribution is 2.29. The molecule has 5 nitrogen and oxygen atoms in total. The minimum absolute atomic E-state index is 0.132. The minimum atomic E-state index is -0.132. The highest BCUT2D eigenvalue weighted by atomic mass is 15.2. The van der Waals surface area contributed by atoms with Crippen molar-refractivity contribution in [1.29, 1.82) is 5.26 Å². The Hall–Kier alpha value is -1.67. The van der Waals surface area contributed by atoms with Crippen LogP contribution in [-0.2, 0) is 0 Å². The lowest BCUT2D eigenvalue weighted by molar-refractivity contribution is 0.265. The molecule has 2 rings (SSSR count). The standard InChI is InChI=1S/C12H17N5/c1-8-9(2)16-17-11(10(8)6-13)15-7-12(14)4-3-5-12/h3-5,7,14H2,1-2H3,(H,15,17). The van der Waals surface area contributed by atoms with E-state index in [2.05, 4.69) is 21.6 Å². The van der Waals surface area contributed by atoms with Gasteiger partial charge in [-0.25, -0.2) is 0 Å². The first kappa shape index (κ1) is 11.8. The topological polar surface area (TPSA) is 87.6 Å². The van der Waals surface area contributed by atoms with E-state index in [-0.39, 0.29) is 5.54 Å². The monoisotopic (exact) mass is 231 g/mol. The van der Waals surface area contributed by atoms with Gasteiger partial charge in [0, 0.05) is 12.1 Å². The molecule has 0 amide bonds. The average Bonchev–Trinajstić information content (AvgIpc) is 2.28. The third kappa shape index (κ3) is 2.22. The van der Waals surface area contributed by atoms with E-state index >= 15 is 0 Å². The van der Waals surface area contributed by atoms with Crippen LogP contribution in [0.5, 0.6) is 0 Å². The van der Waals surface area contributed by atoms with E-state index in [0.29, 0.717) is 17.9 Å². The summed E-state index contributed by atoms with van der Waals surface area (Å²) in [7, 11) is 0. The van der Waals surface area contributed by atoms with E-state index in [1.165, 1.54) is 6.42 Å². The van der Waals surface area contributed by atoms with Gasteiger partial charge in [-0.3, -0.25) is 0 Å². The van der Waals surface area contributed by atoms with Gasteiger partial charge in [-0.1, -0.05) is 0 Å². The third-order valence-electron chi connectivity index (χ3n) is 3.52. The van der Waals surface area contributed by atoms with Gasteiger partial charge in [-0.2, -0.15) is 10.4 Å². The summed E-state index contributed by atoms with van der Waals surface area (Å²) in [6, 6.07) is 2.17. The molecule has 0 aromatic carbocycles. The first-order chi connectivity index (χ1) is 8.06. The number of hydrogen-bond acceptors (Lipinski definition) is 5. The van der Waals surface area contributed by atoms with Crippen molar-refractivity contribution in [2.24, 2.45) is 5.73 Å². The zero-order valence-electron chi connectivity index (χ0n) is 10.2. The van der Waals surface area contributed by atoms with Crippen molar-refractivity contribution in [3.8, 4) is 6.07 Å². The van der Waals surface area contributed by atoms with Crippen molar-refractivity contribution in [2.45, 2.75) is 38.6 Å². The molecule has 0 bridgehead atoms. The van der Waals surface area contributed by atoms with E-state index < -0.39 is 0 Å². The van der Waals surface area contributed by atoms with E-state index in [1.807, 2.05) is 13.8 Å². The molecule has 0 radical (unpaired) electrons. The van der Waals surface area contributed by atoms with Crippen LogP contribution < -0.4 is 11.1 Å². The normalized spacial score (nSPS) is 17.1. The van der Waals surface area contributed by atoms with Gasteiger partial charge < -0.3 is 11.1 Å². The third-order valence-corrected chi connectivity index (χ3v) is 3.52. The lowest BCUT2D eigenvalue weighted by Crippen LogP contribution is -2.52.